The molecule has 2 heterocycles. The van der Waals surface area contributed by atoms with Gasteiger partial charge < -0.3 is 5.32 Å². The smallest absolute Gasteiger partial charge is 0.243 e. The molecule has 0 radical (unpaired) electrons. The number of carbonyl (C=O) groups is 1. The molecular formula is C22H33N5O3S. The van der Waals surface area contributed by atoms with E-state index in [0.717, 1.165) is 31.2 Å². The molecule has 170 valence electrons. The van der Waals surface area contributed by atoms with Crippen LogP contribution in [0.3, 0.4) is 0 Å². The molecule has 1 aliphatic carbocycles. The van der Waals surface area contributed by atoms with Gasteiger partial charge in [0, 0.05) is 32.1 Å². The van der Waals surface area contributed by atoms with Crippen molar-refractivity contribution in [2.24, 2.45) is 0 Å². The van der Waals surface area contributed by atoms with Crippen LogP contribution < -0.4 is 5.32 Å². The van der Waals surface area contributed by atoms with Crippen molar-refractivity contribution in [1.82, 2.24) is 24.6 Å². The molecule has 1 amide bonds. The van der Waals surface area contributed by atoms with Crippen molar-refractivity contribution in [3.8, 4) is 0 Å². The molecule has 1 saturated carbocycles. The van der Waals surface area contributed by atoms with Crippen LogP contribution in [0, 0.1) is 0 Å². The van der Waals surface area contributed by atoms with Gasteiger partial charge in [-0.15, -0.1) is 5.10 Å². The van der Waals surface area contributed by atoms with Crippen LogP contribution in [0.5, 0.6) is 0 Å². The van der Waals surface area contributed by atoms with Crippen molar-refractivity contribution in [3.63, 3.8) is 0 Å². The summed E-state index contributed by atoms with van der Waals surface area (Å²) in [6, 6.07) is 5.33. The number of nitrogens with zero attached hydrogens (tertiary/aromatic N) is 4. The lowest BCUT2D eigenvalue weighted by Crippen LogP contribution is -2.35. The van der Waals surface area contributed by atoms with E-state index in [9.17, 15) is 13.2 Å². The van der Waals surface area contributed by atoms with E-state index in [2.05, 4.69) is 15.6 Å². The van der Waals surface area contributed by atoms with E-state index in [1.807, 2.05) is 0 Å². The van der Waals surface area contributed by atoms with Crippen LogP contribution in [0.25, 0.3) is 11.0 Å². The standard InChI is InChI=1S/C22H33N5O3S/c28-22(23-18-9-4-2-1-3-5-10-18)11-8-16-27-21-13-12-19(17-20(21)24-25-27)31(29,30)26-14-6-7-15-26/h12-13,17-18H,1-11,14-16H2,(H,23,28). The molecular weight excluding hydrogens is 414 g/mol. The summed E-state index contributed by atoms with van der Waals surface area (Å²) >= 11 is 0. The molecule has 0 bridgehead atoms. The van der Waals surface area contributed by atoms with Crippen molar-refractivity contribution in [1.29, 1.82) is 0 Å². The Kier molecular flexibility index (Phi) is 7.22. The monoisotopic (exact) mass is 447 g/mol. The summed E-state index contributed by atoms with van der Waals surface area (Å²) < 4.78 is 28.8. The van der Waals surface area contributed by atoms with E-state index < -0.39 is 10.0 Å². The average Bonchev–Trinajstić information content (AvgIpc) is 3.40. The van der Waals surface area contributed by atoms with E-state index in [0.29, 0.717) is 44.0 Å². The van der Waals surface area contributed by atoms with E-state index in [4.69, 9.17) is 0 Å². The molecule has 1 saturated heterocycles. The zero-order chi connectivity index (χ0) is 21.7. The number of carbonyl (C=O) groups excluding carboxylic acids is 1. The summed E-state index contributed by atoms with van der Waals surface area (Å²) in [5, 5.41) is 11.5. The number of amides is 1. The number of hydrogen-bond acceptors (Lipinski definition) is 5. The Morgan fingerprint density at radius 2 is 1.74 bits per heavy atom. The largest absolute Gasteiger partial charge is 0.353 e. The average molecular weight is 448 g/mol. The SMILES string of the molecule is O=C(CCCn1nnc2cc(S(=O)(=O)N3CCCC3)ccc21)NC1CCCCCCC1. The first kappa shape index (κ1) is 22.2. The second-order valence-electron chi connectivity index (χ2n) is 8.79. The highest BCUT2D eigenvalue weighted by atomic mass is 32.2. The fourth-order valence-corrected chi connectivity index (χ4v) is 6.18. The number of aromatic nitrogens is 3. The fraction of sp³-hybridized carbons (Fsp3) is 0.682. The number of fused-ring (bicyclic) bond motifs is 1. The highest BCUT2D eigenvalue weighted by Crippen LogP contribution is 2.24. The van der Waals surface area contributed by atoms with E-state index in [-0.39, 0.29) is 10.8 Å². The van der Waals surface area contributed by atoms with Crippen molar-refractivity contribution in [2.75, 3.05) is 13.1 Å². The molecule has 8 nitrogen and oxygen atoms in total. The van der Waals surface area contributed by atoms with Crippen LogP contribution in [-0.4, -0.2) is 52.8 Å². The molecule has 0 spiro atoms. The highest BCUT2D eigenvalue weighted by molar-refractivity contribution is 7.89. The molecule has 0 unspecified atom stereocenters. The van der Waals surface area contributed by atoms with Crippen LogP contribution in [-0.2, 0) is 21.4 Å². The lowest BCUT2D eigenvalue weighted by Gasteiger charge is -2.21. The third-order valence-corrected chi connectivity index (χ3v) is 8.33. The first-order chi connectivity index (χ1) is 15.0. The van der Waals surface area contributed by atoms with E-state index >= 15 is 0 Å². The molecule has 2 aliphatic rings. The van der Waals surface area contributed by atoms with E-state index in [1.165, 1.54) is 36.4 Å². The predicted octanol–water partition coefficient (Wildman–Crippen LogP) is 3.23. The van der Waals surface area contributed by atoms with Gasteiger partial charge in [0.15, 0.2) is 0 Å². The van der Waals surface area contributed by atoms with Crippen LogP contribution in [0.1, 0.15) is 70.6 Å². The molecule has 2 aromatic rings. The molecule has 1 aliphatic heterocycles. The van der Waals surface area contributed by atoms with Gasteiger partial charge in [0.05, 0.1) is 10.4 Å². The van der Waals surface area contributed by atoms with Crippen molar-refractivity contribution in [2.45, 2.75) is 88.1 Å². The van der Waals surface area contributed by atoms with Crippen molar-refractivity contribution >= 4 is 27.0 Å². The van der Waals surface area contributed by atoms with Gasteiger partial charge in [0.25, 0.3) is 0 Å². The van der Waals surface area contributed by atoms with Crippen molar-refractivity contribution in [3.05, 3.63) is 18.2 Å². The quantitative estimate of drug-likeness (QED) is 0.703. The lowest BCUT2D eigenvalue weighted by molar-refractivity contribution is -0.122. The van der Waals surface area contributed by atoms with Gasteiger partial charge in [0.2, 0.25) is 15.9 Å². The maximum Gasteiger partial charge on any atom is 0.243 e. The number of nitrogens with one attached hydrogen (secondary N) is 1. The predicted molar refractivity (Wildman–Crippen MR) is 119 cm³/mol. The number of hydrogen-bond donors (Lipinski definition) is 1. The van der Waals surface area contributed by atoms with Gasteiger partial charge in [-0.2, -0.15) is 4.31 Å². The van der Waals surface area contributed by atoms with Crippen LogP contribution in [0.2, 0.25) is 0 Å². The molecule has 1 N–H and O–H groups in total. The van der Waals surface area contributed by atoms with Crippen molar-refractivity contribution < 1.29 is 13.2 Å². The number of benzene rings is 1. The minimum atomic E-state index is -3.46. The second-order valence-corrected chi connectivity index (χ2v) is 10.7. The summed E-state index contributed by atoms with van der Waals surface area (Å²) in [5.41, 5.74) is 1.36. The minimum absolute atomic E-state index is 0.106. The first-order valence-electron chi connectivity index (χ1n) is 11.7. The van der Waals surface area contributed by atoms with Gasteiger partial charge in [-0.3, -0.25) is 4.79 Å². The number of rotatable bonds is 7. The van der Waals surface area contributed by atoms with E-state index in [1.54, 1.807) is 22.9 Å². The molecule has 4 rings (SSSR count). The summed E-state index contributed by atoms with van der Waals surface area (Å²) in [6.45, 7) is 1.73. The zero-order valence-electron chi connectivity index (χ0n) is 18.1. The number of sulfonamides is 1. The summed E-state index contributed by atoms with van der Waals surface area (Å²) in [7, 11) is -3.46. The molecule has 1 aromatic heterocycles. The first-order valence-corrected chi connectivity index (χ1v) is 13.1. The van der Waals surface area contributed by atoms with Crippen LogP contribution >= 0.6 is 0 Å². The molecule has 0 atom stereocenters. The maximum absolute atomic E-state index is 12.8. The summed E-state index contributed by atoms with van der Waals surface area (Å²) in [6.07, 6.45) is 11.4. The third kappa shape index (κ3) is 5.44. The Balaban J connectivity index is 1.32. The molecule has 2 fully saturated rings. The maximum atomic E-state index is 12.8. The highest BCUT2D eigenvalue weighted by Gasteiger charge is 2.27. The van der Waals surface area contributed by atoms with Gasteiger partial charge in [0.1, 0.15) is 5.52 Å². The summed E-state index contributed by atoms with van der Waals surface area (Å²) in [4.78, 5) is 12.6. The Morgan fingerprint density at radius 1 is 1.03 bits per heavy atom. The van der Waals surface area contributed by atoms with Crippen LogP contribution in [0.4, 0.5) is 0 Å². The molecule has 31 heavy (non-hydrogen) atoms. The number of aryl methyl sites for hydroxylation is 1. The zero-order valence-corrected chi connectivity index (χ0v) is 18.9. The Labute approximate surface area is 184 Å². The Hall–Kier alpha value is -2.00. The summed E-state index contributed by atoms with van der Waals surface area (Å²) in [5.74, 6) is 0.106. The fourth-order valence-electron chi connectivity index (χ4n) is 4.64. The Bertz CT molecular complexity index is 990. The molecule has 9 heteroatoms. The third-order valence-electron chi connectivity index (χ3n) is 6.43. The normalized spacial score (nSPS) is 19.4. The minimum Gasteiger partial charge on any atom is -0.353 e. The Morgan fingerprint density at radius 3 is 2.48 bits per heavy atom. The second kappa shape index (κ2) is 10.1. The molecule has 1 aromatic carbocycles. The van der Waals surface area contributed by atoms with Gasteiger partial charge in [-0.25, -0.2) is 13.1 Å². The van der Waals surface area contributed by atoms with Crippen LogP contribution in [0.15, 0.2) is 23.1 Å². The van der Waals surface area contributed by atoms with Gasteiger partial charge >= 0.3 is 0 Å². The lowest BCUT2D eigenvalue weighted by atomic mass is 9.96. The topological polar surface area (TPSA) is 97.2 Å². The van der Waals surface area contributed by atoms with Gasteiger partial charge in [-0.1, -0.05) is 37.3 Å². The van der Waals surface area contributed by atoms with Gasteiger partial charge in [-0.05, 0) is 50.3 Å².